The van der Waals surface area contributed by atoms with Crippen LogP contribution in [0.25, 0.3) is 0 Å². The van der Waals surface area contributed by atoms with Crippen LogP contribution in [0.5, 0.6) is 0 Å². The minimum atomic E-state index is -0.558. The molecule has 1 amide bonds. The van der Waals surface area contributed by atoms with Crippen LogP contribution < -0.4 is 16.4 Å². The van der Waals surface area contributed by atoms with Crippen LogP contribution in [0.15, 0.2) is 0 Å². The molecule has 98 valence electrons. The predicted octanol–water partition coefficient (Wildman–Crippen LogP) is 1.62. The van der Waals surface area contributed by atoms with Crippen molar-refractivity contribution < 1.29 is 9.59 Å². The molecule has 1 aromatic heterocycles. The van der Waals surface area contributed by atoms with Crippen molar-refractivity contribution >= 4 is 33.7 Å². The van der Waals surface area contributed by atoms with Gasteiger partial charge in [-0.05, 0) is 19.3 Å². The molecule has 2 rings (SSSR count). The molecule has 6 heteroatoms. The number of nitrogens with zero attached hydrogens (tertiary/aromatic N) is 1. The van der Waals surface area contributed by atoms with Gasteiger partial charge >= 0.3 is 0 Å². The lowest BCUT2D eigenvalue weighted by Gasteiger charge is -2.28. The first-order valence-corrected chi connectivity index (χ1v) is 6.82. The number of thiophene rings is 1. The Balaban J connectivity index is 2.47. The molecule has 5 nitrogen and oxygen atoms in total. The smallest absolute Gasteiger partial charge is 0.253 e. The van der Waals surface area contributed by atoms with E-state index < -0.39 is 5.91 Å². The first kappa shape index (κ1) is 12.9. The lowest BCUT2D eigenvalue weighted by atomic mass is 10.1. The molecule has 0 bridgehead atoms. The van der Waals surface area contributed by atoms with E-state index >= 15 is 0 Å². The Bertz CT molecular complexity index is 490. The maximum Gasteiger partial charge on any atom is 0.253 e. The Morgan fingerprint density at radius 2 is 1.83 bits per heavy atom. The van der Waals surface area contributed by atoms with Crippen molar-refractivity contribution in [2.45, 2.75) is 26.2 Å². The summed E-state index contributed by atoms with van der Waals surface area (Å²) >= 11 is 1.28. The van der Waals surface area contributed by atoms with Gasteiger partial charge in [0.1, 0.15) is 5.00 Å². The number of Topliss-reactive ketones (excluding diaryl/α,β-unsaturated/α-hetero) is 1. The zero-order chi connectivity index (χ0) is 13.3. The largest absolute Gasteiger partial charge is 0.397 e. The highest BCUT2D eigenvalue weighted by atomic mass is 32.1. The lowest BCUT2D eigenvalue weighted by molar-refractivity contribution is 0.100. The zero-order valence-corrected chi connectivity index (χ0v) is 11.2. The summed E-state index contributed by atoms with van der Waals surface area (Å²) < 4.78 is 0. The number of ketones is 1. The SMILES string of the molecule is CC(=O)c1sc(N2CCCCC2)c(C(N)=O)c1N. The highest BCUT2D eigenvalue weighted by molar-refractivity contribution is 7.19. The molecule has 0 aromatic carbocycles. The number of anilines is 2. The van der Waals surface area contributed by atoms with E-state index in [2.05, 4.69) is 4.90 Å². The molecule has 2 heterocycles. The van der Waals surface area contributed by atoms with Crippen molar-refractivity contribution in [3.63, 3.8) is 0 Å². The normalized spacial score (nSPS) is 15.7. The highest BCUT2D eigenvalue weighted by Gasteiger charge is 2.26. The number of primary amides is 1. The summed E-state index contributed by atoms with van der Waals surface area (Å²) in [4.78, 5) is 25.6. The predicted molar refractivity (Wildman–Crippen MR) is 73.3 cm³/mol. The van der Waals surface area contributed by atoms with Gasteiger partial charge in [0, 0.05) is 20.0 Å². The Labute approximate surface area is 110 Å². The summed E-state index contributed by atoms with van der Waals surface area (Å²) in [5.74, 6) is -0.680. The number of carbonyl (C=O) groups excluding carboxylic acids is 2. The summed E-state index contributed by atoms with van der Waals surface area (Å²) in [7, 11) is 0. The van der Waals surface area contributed by atoms with Crippen molar-refractivity contribution in [1.82, 2.24) is 0 Å². The summed E-state index contributed by atoms with van der Waals surface area (Å²) in [6, 6.07) is 0. The average molecular weight is 267 g/mol. The number of nitrogen functional groups attached to an aromatic ring is 1. The van der Waals surface area contributed by atoms with Gasteiger partial charge in [-0.1, -0.05) is 0 Å². The molecule has 1 aliphatic heterocycles. The van der Waals surface area contributed by atoms with Crippen LogP contribution in [0.3, 0.4) is 0 Å². The van der Waals surface area contributed by atoms with Crippen molar-refractivity contribution in [2.24, 2.45) is 5.73 Å². The number of rotatable bonds is 3. The lowest BCUT2D eigenvalue weighted by Crippen LogP contribution is -2.30. The Morgan fingerprint density at radius 3 is 2.33 bits per heavy atom. The second-order valence-electron chi connectivity index (χ2n) is 4.49. The molecule has 1 saturated heterocycles. The van der Waals surface area contributed by atoms with Crippen LogP contribution >= 0.6 is 11.3 Å². The first-order valence-electron chi connectivity index (χ1n) is 6.00. The van der Waals surface area contributed by atoms with Gasteiger partial charge in [-0.15, -0.1) is 11.3 Å². The number of hydrogen-bond acceptors (Lipinski definition) is 5. The van der Waals surface area contributed by atoms with Crippen LogP contribution in [0.4, 0.5) is 10.7 Å². The maximum atomic E-state index is 11.5. The topological polar surface area (TPSA) is 89.4 Å². The van der Waals surface area contributed by atoms with Crippen molar-refractivity contribution in [3.8, 4) is 0 Å². The molecule has 0 spiro atoms. The monoisotopic (exact) mass is 267 g/mol. The number of carbonyl (C=O) groups is 2. The highest BCUT2D eigenvalue weighted by Crippen LogP contribution is 2.39. The minimum Gasteiger partial charge on any atom is -0.397 e. The van der Waals surface area contributed by atoms with Gasteiger partial charge in [-0.2, -0.15) is 0 Å². The van der Waals surface area contributed by atoms with E-state index in [1.54, 1.807) is 0 Å². The molecule has 0 saturated carbocycles. The second-order valence-corrected chi connectivity index (χ2v) is 5.49. The van der Waals surface area contributed by atoms with Crippen molar-refractivity contribution in [1.29, 1.82) is 0 Å². The fourth-order valence-electron chi connectivity index (χ4n) is 2.25. The van der Waals surface area contributed by atoms with Gasteiger partial charge in [0.05, 0.1) is 16.1 Å². The molecule has 18 heavy (non-hydrogen) atoms. The molecular weight excluding hydrogens is 250 g/mol. The Morgan fingerprint density at radius 1 is 1.22 bits per heavy atom. The third-order valence-corrected chi connectivity index (χ3v) is 4.50. The summed E-state index contributed by atoms with van der Waals surface area (Å²) in [6.45, 7) is 3.22. The third kappa shape index (κ3) is 2.20. The van der Waals surface area contributed by atoms with Gasteiger partial charge in [-0.3, -0.25) is 9.59 Å². The number of nitrogens with two attached hydrogens (primary N) is 2. The fraction of sp³-hybridized carbons (Fsp3) is 0.500. The quantitative estimate of drug-likeness (QED) is 0.814. The van der Waals surface area contributed by atoms with E-state index in [0.29, 0.717) is 10.4 Å². The molecule has 0 atom stereocenters. The Hall–Kier alpha value is -1.56. The van der Waals surface area contributed by atoms with Gasteiger partial charge in [0.15, 0.2) is 5.78 Å². The van der Waals surface area contributed by atoms with Crippen LogP contribution in [0.2, 0.25) is 0 Å². The third-order valence-electron chi connectivity index (χ3n) is 3.14. The summed E-state index contributed by atoms with van der Waals surface area (Å²) in [5, 5.41) is 0.755. The van der Waals surface area contributed by atoms with Gasteiger partial charge < -0.3 is 16.4 Å². The molecular formula is C12H17N3O2S. The number of amides is 1. The molecule has 0 aliphatic carbocycles. The van der Waals surface area contributed by atoms with E-state index in [-0.39, 0.29) is 11.5 Å². The van der Waals surface area contributed by atoms with Gasteiger partial charge in [-0.25, -0.2) is 0 Å². The average Bonchev–Trinajstić information content (AvgIpc) is 2.68. The van der Waals surface area contributed by atoms with E-state index in [1.807, 2.05) is 0 Å². The summed E-state index contributed by atoms with van der Waals surface area (Å²) in [5.41, 5.74) is 11.8. The van der Waals surface area contributed by atoms with Crippen molar-refractivity contribution in [3.05, 3.63) is 10.4 Å². The van der Waals surface area contributed by atoms with E-state index in [0.717, 1.165) is 30.9 Å². The van der Waals surface area contributed by atoms with Crippen LogP contribution in [-0.4, -0.2) is 24.8 Å². The van der Waals surface area contributed by atoms with E-state index in [9.17, 15) is 9.59 Å². The van der Waals surface area contributed by atoms with Crippen molar-refractivity contribution in [2.75, 3.05) is 23.7 Å². The molecule has 0 unspecified atom stereocenters. The van der Waals surface area contributed by atoms with Crippen LogP contribution in [0, 0.1) is 0 Å². The van der Waals surface area contributed by atoms with Crippen LogP contribution in [0.1, 0.15) is 46.2 Å². The number of piperidine rings is 1. The van der Waals surface area contributed by atoms with Gasteiger partial charge in [0.2, 0.25) is 0 Å². The van der Waals surface area contributed by atoms with Gasteiger partial charge in [0.25, 0.3) is 5.91 Å². The molecule has 4 N–H and O–H groups in total. The zero-order valence-electron chi connectivity index (χ0n) is 10.4. The van der Waals surface area contributed by atoms with E-state index in [4.69, 9.17) is 11.5 Å². The molecule has 0 radical (unpaired) electrons. The Kier molecular flexibility index (Phi) is 3.56. The molecule has 1 fully saturated rings. The first-order chi connectivity index (χ1) is 8.52. The molecule has 1 aliphatic rings. The summed E-state index contributed by atoms with van der Waals surface area (Å²) in [6.07, 6.45) is 3.37. The standard InChI is InChI=1S/C12H17N3O2S/c1-7(16)10-9(13)8(11(14)17)12(18-10)15-5-3-2-4-6-15/h2-6,13H2,1H3,(H2,14,17). The minimum absolute atomic E-state index is 0.122. The van der Waals surface area contributed by atoms with E-state index in [1.165, 1.54) is 24.7 Å². The fourth-order valence-corrected chi connectivity index (χ4v) is 3.42. The van der Waals surface area contributed by atoms with Crippen LogP contribution in [-0.2, 0) is 0 Å². The second kappa shape index (κ2) is 4.97. The number of hydrogen-bond donors (Lipinski definition) is 2. The molecule has 1 aromatic rings. The maximum absolute atomic E-state index is 11.5.